The monoisotopic (exact) mass is 339 g/mol. The molecule has 0 saturated carbocycles. The van der Waals surface area contributed by atoms with E-state index in [9.17, 15) is 4.79 Å². The summed E-state index contributed by atoms with van der Waals surface area (Å²) in [6.45, 7) is 1.81. The van der Waals surface area contributed by atoms with Crippen molar-refractivity contribution in [3.63, 3.8) is 0 Å². The molecule has 4 rings (SSSR count). The third kappa shape index (κ3) is 3.38. The Morgan fingerprint density at radius 1 is 1.32 bits per heavy atom. The van der Waals surface area contributed by atoms with Crippen LogP contribution in [0.1, 0.15) is 29.9 Å². The van der Waals surface area contributed by atoms with Crippen molar-refractivity contribution in [3.05, 3.63) is 47.8 Å². The fraction of sp³-hybridized carbons (Fsp3) is 0.368. The SMILES string of the molecule is Cn1cc(C2CCCN(C(=O)C=Cc3ccc4c(c3)OCO4)C2)cn1. The lowest BCUT2D eigenvalue weighted by molar-refractivity contribution is -0.127. The van der Waals surface area contributed by atoms with Gasteiger partial charge in [0, 0.05) is 38.3 Å². The molecule has 1 atom stereocenters. The Balaban J connectivity index is 1.42. The van der Waals surface area contributed by atoms with Gasteiger partial charge >= 0.3 is 0 Å². The number of nitrogens with zero attached hydrogens (tertiary/aromatic N) is 3. The first-order valence-electron chi connectivity index (χ1n) is 8.54. The van der Waals surface area contributed by atoms with Crippen LogP contribution in [-0.2, 0) is 11.8 Å². The Morgan fingerprint density at radius 2 is 2.20 bits per heavy atom. The maximum atomic E-state index is 12.5. The summed E-state index contributed by atoms with van der Waals surface area (Å²) in [5.41, 5.74) is 2.14. The van der Waals surface area contributed by atoms with Crippen LogP contribution in [-0.4, -0.2) is 40.5 Å². The van der Waals surface area contributed by atoms with Crippen molar-refractivity contribution in [1.82, 2.24) is 14.7 Å². The van der Waals surface area contributed by atoms with E-state index in [4.69, 9.17) is 9.47 Å². The first-order chi connectivity index (χ1) is 12.2. The number of aryl methyl sites for hydroxylation is 1. The van der Waals surface area contributed by atoms with Gasteiger partial charge in [0.15, 0.2) is 11.5 Å². The zero-order valence-electron chi connectivity index (χ0n) is 14.2. The molecule has 2 aliphatic heterocycles. The minimum absolute atomic E-state index is 0.0475. The Kier molecular flexibility index (Phi) is 4.17. The van der Waals surface area contributed by atoms with Gasteiger partial charge in [0.2, 0.25) is 12.7 Å². The van der Waals surface area contributed by atoms with Gasteiger partial charge in [0.05, 0.1) is 6.20 Å². The Hall–Kier alpha value is -2.76. The molecule has 25 heavy (non-hydrogen) atoms. The molecule has 1 saturated heterocycles. The summed E-state index contributed by atoms with van der Waals surface area (Å²) in [4.78, 5) is 14.5. The smallest absolute Gasteiger partial charge is 0.246 e. The molecular weight excluding hydrogens is 318 g/mol. The summed E-state index contributed by atoms with van der Waals surface area (Å²) < 4.78 is 12.5. The number of carbonyl (C=O) groups is 1. The number of amides is 1. The minimum atomic E-state index is 0.0475. The zero-order valence-corrected chi connectivity index (χ0v) is 14.2. The van der Waals surface area contributed by atoms with Gasteiger partial charge in [-0.25, -0.2) is 0 Å². The molecule has 1 fully saturated rings. The van der Waals surface area contributed by atoms with E-state index in [1.54, 1.807) is 6.08 Å². The number of benzene rings is 1. The lowest BCUT2D eigenvalue weighted by atomic mass is 9.93. The highest BCUT2D eigenvalue weighted by molar-refractivity contribution is 5.92. The number of hydrogen-bond donors (Lipinski definition) is 0. The molecule has 130 valence electrons. The first kappa shape index (κ1) is 15.7. The van der Waals surface area contributed by atoms with Crippen LogP contribution in [0.4, 0.5) is 0 Å². The van der Waals surface area contributed by atoms with Crippen LogP contribution < -0.4 is 9.47 Å². The predicted octanol–water partition coefficient (Wildman–Crippen LogP) is 2.57. The topological polar surface area (TPSA) is 56.6 Å². The summed E-state index contributed by atoms with van der Waals surface area (Å²) in [5, 5.41) is 4.24. The highest BCUT2D eigenvalue weighted by Gasteiger charge is 2.24. The zero-order chi connectivity index (χ0) is 17.2. The average Bonchev–Trinajstić information content (AvgIpc) is 3.28. The van der Waals surface area contributed by atoms with Crippen LogP contribution in [0.2, 0.25) is 0 Å². The molecular formula is C19H21N3O3. The van der Waals surface area contributed by atoms with Gasteiger partial charge in [-0.1, -0.05) is 6.07 Å². The van der Waals surface area contributed by atoms with Crippen LogP contribution in [0.25, 0.3) is 6.08 Å². The fourth-order valence-corrected chi connectivity index (χ4v) is 3.39. The van der Waals surface area contributed by atoms with Gasteiger partial charge in [-0.2, -0.15) is 5.10 Å². The molecule has 0 aliphatic carbocycles. The summed E-state index contributed by atoms with van der Waals surface area (Å²) in [7, 11) is 1.92. The molecule has 2 aromatic rings. The standard InChI is InChI=1S/C19H21N3O3/c1-21-11-16(10-20-21)15-3-2-8-22(12-15)19(23)7-5-14-4-6-17-18(9-14)25-13-24-17/h4-7,9-11,15H,2-3,8,12-13H2,1H3. The summed E-state index contributed by atoms with van der Waals surface area (Å²) in [6, 6.07) is 5.68. The number of fused-ring (bicyclic) bond motifs is 1. The number of ether oxygens (including phenoxy) is 2. The van der Waals surface area contributed by atoms with Crippen molar-refractivity contribution in [2.45, 2.75) is 18.8 Å². The van der Waals surface area contributed by atoms with Crippen molar-refractivity contribution in [2.75, 3.05) is 19.9 Å². The summed E-state index contributed by atoms with van der Waals surface area (Å²) >= 11 is 0. The summed E-state index contributed by atoms with van der Waals surface area (Å²) in [5.74, 6) is 1.89. The van der Waals surface area contributed by atoms with E-state index >= 15 is 0 Å². The average molecular weight is 339 g/mol. The van der Waals surface area contributed by atoms with Crippen LogP contribution in [0.3, 0.4) is 0 Å². The Bertz CT molecular complexity index is 812. The molecule has 1 aromatic carbocycles. The van der Waals surface area contributed by atoms with E-state index in [1.807, 2.05) is 53.3 Å². The first-order valence-corrected chi connectivity index (χ1v) is 8.54. The van der Waals surface area contributed by atoms with E-state index in [2.05, 4.69) is 5.10 Å². The van der Waals surface area contributed by atoms with Gasteiger partial charge < -0.3 is 14.4 Å². The largest absolute Gasteiger partial charge is 0.454 e. The number of hydrogen-bond acceptors (Lipinski definition) is 4. The number of piperidine rings is 1. The van der Waals surface area contributed by atoms with E-state index in [0.717, 1.165) is 43.0 Å². The molecule has 2 aliphatic rings. The van der Waals surface area contributed by atoms with Crippen molar-refractivity contribution < 1.29 is 14.3 Å². The molecule has 0 radical (unpaired) electrons. The van der Waals surface area contributed by atoms with Crippen LogP contribution in [0.15, 0.2) is 36.7 Å². The van der Waals surface area contributed by atoms with E-state index < -0.39 is 0 Å². The lowest BCUT2D eigenvalue weighted by Gasteiger charge is -2.31. The van der Waals surface area contributed by atoms with Gasteiger partial charge in [0.1, 0.15) is 0 Å². The minimum Gasteiger partial charge on any atom is -0.454 e. The van der Waals surface area contributed by atoms with Crippen LogP contribution >= 0.6 is 0 Å². The van der Waals surface area contributed by atoms with E-state index in [1.165, 1.54) is 5.56 Å². The molecule has 6 heteroatoms. The molecule has 6 nitrogen and oxygen atoms in total. The van der Waals surface area contributed by atoms with Crippen LogP contribution in [0, 0.1) is 0 Å². The highest BCUT2D eigenvalue weighted by Crippen LogP contribution is 2.33. The van der Waals surface area contributed by atoms with Crippen LogP contribution in [0.5, 0.6) is 11.5 Å². The second-order valence-electron chi connectivity index (χ2n) is 6.52. The van der Waals surface area contributed by atoms with Crippen molar-refractivity contribution >= 4 is 12.0 Å². The van der Waals surface area contributed by atoms with Crippen molar-refractivity contribution in [3.8, 4) is 11.5 Å². The fourth-order valence-electron chi connectivity index (χ4n) is 3.39. The number of likely N-dealkylation sites (tertiary alicyclic amines) is 1. The normalized spacial score (nSPS) is 19.6. The predicted molar refractivity (Wildman–Crippen MR) is 93.4 cm³/mol. The van der Waals surface area contributed by atoms with Gasteiger partial charge in [-0.05, 0) is 42.2 Å². The lowest BCUT2D eigenvalue weighted by Crippen LogP contribution is -2.38. The van der Waals surface area contributed by atoms with Crippen molar-refractivity contribution in [2.24, 2.45) is 7.05 Å². The van der Waals surface area contributed by atoms with E-state index in [-0.39, 0.29) is 12.7 Å². The molecule has 0 spiro atoms. The second-order valence-corrected chi connectivity index (χ2v) is 6.52. The highest BCUT2D eigenvalue weighted by atomic mass is 16.7. The van der Waals surface area contributed by atoms with Gasteiger partial charge in [-0.15, -0.1) is 0 Å². The summed E-state index contributed by atoms with van der Waals surface area (Å²) in [6.07, 6.45) is 9.54. The Labute approximate surface area is 146 Å². The molecule has 3 heterocycles. The maximum absolute atomic E-state index is 12.5. The number of carbonyl (C=O) groups excluding carboxylic acids is 1. The molecule has 1 amide bonds. The van der Waals surface area contributed by atoms with Crippen molar-refractivity contribution in [1.29, 1.82) is 0 Å². The Morgan fingerprint density at radius 3 is 3.04 bits per heavy atom. The molecule has 0 bridgehead atoms. The van der Waals surface area contributed by atoms with E-state index in [0.29, 0.717) is 5.92 Å². The second kappa shape index (κ2) is 6.63. The number of aromatic nitrogens is 2. The van der Waals surface area contributed by atoms with Gasteiger partial charge in [-0.3, -0.25) is 9.48 Å². The van der Waals surface area contributed by atoms with Gasteiger partial charge in [0.25, 0.3) is 0 Å². The molecule has 1 aromatic heterocycles. The molecule has 1 unspecified atom stereocenters. The number of rotatable bonds is 3. The maximum Gasteiger partial charge on any atom is 0.246 e. The third-order valence-electron chi connectivity index (χ3n) is 4.74. The third-order valence-corrected chi connectivity index (χ3v) is 4.74. The molecule has 0 N–H and O–H groups in total. The quantitative estimate of drug-likeness (QED) is 0.807.